The average molecular weight is 287 g/mol. The molecule has 2 rings (SSSR count). The van der Waals surface area contributed by atoms with Gasteiger partial charge in [0.1, 0.15) is 11.0 Å². The van der Waals surface area contributed by atoms with Gasteiger partial charge in [-0.2, -0.15) is 0 Å². The van der Waals surface area contributed by atoms with Crippen LogP contribution < -0.4 is 10.6 Å². The molecule has 2 heterocycles. The number of halogens is 1. The van der Waals surface area contributed by atoms with Crippen molar-refractivity contribution >= 4 is 29.2 Å². The van der Waals surface area contributed by atoms with Gasteiger partial charge in [-0.25, -0.2) is 9.97 Å². The first kappa shape index (κ1) is 13.9. The number of nitrogens with zero attached hydrogens (tertiary/aromatic N) is 3. The van der Waals surface area contributed by atoms with Gasteiger partial charge in [0.15, 0.2) is 5.16 Å². The Hall–Kier alpha value is -0.520. The zero-order chi connectivity index (χ0) is 13.0. The minimum atomic E-state index is 0.588. The standard InChI is InChI=1S/C12H19ClN4S/c1-18-12-15-10(13)9(5-4-6-14)11(16-12)17-7-2-3-8-17/h2-8,14H2,1H3. The molecule has 0 saturated carbocycles. The van der Waals surface area contributed by atoms with Crippen LogP contribution in [0.15, 0.2) is 5.16 Å². The van der Waals surface area contributed by atoms with Crippen molar-refractivity contribution in [2.75, 3.05) is 30.8 Å². The third-order valence-corrected chi connectivity index (χ3v) is 3.99. The quantitative estimate of drug-likeness (QED) is 0.511. The summed E-state index contributed by atoms with van der Waals surface area (Å²) in [6, 6.07) is 0. The Labute approximate surface area is 117 Å². The van der Waals surface area contributed by atoms with E-state index in [1.54, 1.807) is 0 Å². The molecule has 0 aromatic carbocycles. The molecule has 1 aliphatic heterocycles. The lowest BCUT2D eigenvalue weighted by Crippen LogP contribution is -2.22. The first-order chi connectivity index (χ1) is 8.76. The van der Waals surface area contributed by atoms with Crippen molar-refractivity contribution in [2.45, 2.75) is 30.8 Å². The number of hydrogen-bond acceptors (Lipinski definition) is 5. The van der Waals surface area contributed by atoms with Crippen LogP contribution in [-0.2, 0) is 6.42 Å². The molecule has 0 radical (unpaired) electrons. The highest BCUT2D eigenvalue weighted by Crippen LogP contribution is 2.30. The molecule has 1 saturated heterocycles. The molecular weight excluding hydrogens is 268 g/mol. The monoisotopic (exact) mass is 286 g/mol. The van der Waals surface area contributed by atoms with Crippen LogP contribution in [0, 0.1) is 0 Å². The first-order valence-electron chi connectivity index (χ1n) is 6.31. The van der Waals surface area contributed by atoms with E-state index in [-0.39, 0.29) is 0 Å². The fourth-order valence-electron chi connectivity index (χ4n) is 2.20. The lowest BCUT2D eigenvalue weighted by atomic mass is 10.1. The van der Waals surface area contributed by atoms with E-state index in [4.69, 9.17) is 17.3 Å². The smallest absolute Gasteiger partial charge is 0.190 e. The van der Waals surface area contributed by atoms with Gasteiger partial charge in [0.2, 0.25) is 0 Å². The molecule has 0 unspecified atom stereocenters. The summed E-state index contributed by atoms with van der Waals surface area (Å²) in [7, 11) is 0. The maximum absolute atomic E-state index is 6.30. The average Bonchev–Trinajstić information content (AvgIpc) is 2.90. The van der Waals surface area contributed by atoms with E-state index in [1.807, 2.05) is 6.26 Å². The second kappa shape index (κ2) is 6.59. The van der Waals surface area contributed by atoms with Crippen molar-refractivity contribution in [2.24, 2.45) is 5.73 Å². The number of nitrogens with two attached hydrogens (primary N) is 1. The van der Waals surface area contributed by atoms with Gasteiger partial charge in [0, 0.05) is 18.7 Å². The highest BCUT2D eigenvalue weighted by atomic mass is 35.5. The Morgan fingerprint density at radius 1 is 1.33 bits per heavy atom. The van der Waals surface area contributed by atoms with Gasteiger partial charge < -0.3 is 10.6 Å². The van der Waals surface area contributed by atoms with Gasteiger partial charge in [-0.3, -0.25) is 0 Å². The summed E-state index contributed by atoms with van der Waals surface area (Å²) >= 11 is 7.83. The van der Waals surface area contributed by atoms with E-state index in [1.165, 1.54) is 24.6 Å². The topological polar surface area (TPSA) is 55.0 Å². The summed E-state index contributed by atoms with van der Waals surface area (Å²) in [6.45, 7) is 2.80. The lowest BCUT2D eigenvalue weighted by molar-refractivity contribution is 0.791. The Morgan fingerprint density at radius 3 is 2.67 bits per heavy atom. The largest absolute Gasteiger partial charge is 0.356 e. The Balaban J connectivity index is 2.34. The van der Waals surface area contributed by atoms with Gasteiger partial charge in [-0.05, 0) is 38.5 Å². The van der Waals surface area contributed by atoms with Gasteiger partial charge in [0.25, 0.3) is 0 Å². The van der Waals surface area contributed by atoms with Crippen molar-refractivity contribution in [1.29, 1.82) is 0 Å². The lowest BCUT2D eigenvalue weighted by Gasteiger charge is -2.21. The summed E-state index contributed by atoms with van der Waals surface area (Å²) in [5.74, 6) is 1.02. The van der Waals surface area contributed by atoms with Crippen LogP contribution in [0.3, 0.4) is 0 Å². The van der Waals surface area contributed by atoms with Crippen LogP contribution in [-0.4, -0.2) is 35.9 Å². The van der Waals surface area contributed by atoms with Crippen molar-refractivity contribution in [3.05, 3.63) is 10.7 Å². The van der Waals surface area contributed by atoms with E-state index < -0.39 is 0 Å². The second-order valence-corrected chi connectivity index (χ2v) is 5.52. The van der Waals surface area contributed by atoms with E-state index in [0.29, 0.717) is 11.7 Å². The minimum absolute atomic E-state index is 0.588. The molecule has 0 bridgehead atoms. The predicted octanol–water partition coefficient (Wildman–Crippen LogP) is 2.34. The summed E-state index contributed by atoms with van der Waals surface area (Å²) in [5.41, 5.74) is 6.64. The molecule has 4 nitrogen and oxygen atoms in total. The highest BCUT2D eigenvalue weighted by Gasteiger charge is 2.20. The fraction of sp³-hybridized carbons (Fsp3) is 0.667. The van der Waals surface area contributed by atoms with Crippen molar-refractivity contribution in [3.8, 4) is 0 Å². The van der Waals surface area contributed by atoms with Gasteiger partial charge in [0.05, 0.1) is 0 Å². The summed E-state index contributed by atoms with van der Waals surface area (Å²) in [4.78, 5) is 11.3. The zero-order valence-corrected chi connectivity index (χ0v) is 12.2. The summed E-state index contributed by atoms with van der Waals surface area (Å²) in [5, 5.41) is 1.34. The molecule has 1 aromatic heterocycles. The maximum Gasteiger partial charge on any atom is 0.190 e. The molecular formula is C12H19ClN4S. The van der Waals surface area contributed by atoms with E-state index in [2.05, 4.69) is 14.9 Å². The van der Waals surface area contributed by atoms with Crippen LogP contribution in [0.2, 0.25) is 5.15 Å². The van der Waals surface area contributed by atoms with Crippen LogP contribution in [0.5, 0.6) is 0 Å². The Bertz CT molecular complexity index is 407. The molecule has 0 amide bonds. The van der Waals surface area contributed by atoms with Crippen molar-refractivity contribution < 1.29 is 0 Å². The predicted molar refractivity (Wildman–Crippen MR) is 77.6 cm³/mol. The molecule has 18 heavy (non-hydrogen) atoms. The van der Waals surface area contributed by atoms with Crippen LogP contribution in [0.25, 0.3) is 0 Å². The summed E-state index contributed by atoms with van der Waals surface area (Å²) < 4.78 is 0. The molecule has 1 aliphatic rings. The molecule has 100 valence electrons. The Morgan fingerprint density at radius 2 is 2.06 bits per heavy atom. The number of anilines is 1. The third kappa shape index (κ3) is 3.08. The van der Waals surface area contributed by atoms with Crippen LogP contribution in [0.1, 0.15) is 24.8 Å². The van der Waals surface area contributed by atoms with Crippen molar-refractivity contribution in [3.63, 3.8) is 0 Å². The highest BCUT2D eigenvalue weighted by molar-refractivity contribution is 7.98. The fourth-order valence-corrected chi connectivity index (χ4v) is 2.87. The van der Waals surface area contributed by atoms with Crippen LogP contribution in [0.4, 0.5) is 5.82 Å². The second-order valence-electron chi connectivity index (χ2n) is 4.39. The molecule has 0 aliphatic carbocycles. The molecule has 0 atom stereocenters. The van der Waals surface area contributed by atoms with E-state index in [9.17, 15) is 0 Å². The normalized spacial score (nSPS) is 15.4. The van der Waals surface area contributed by atoms with Gasteiger partial charge >= 0.3 is 0 Å². The van der Waals surface area contributed by atoms with E-state index in [0.717, 1.165) is 42.5 Å². The first-order valence-corrected chi connectivity index (χ1v) is 7.92. The van der Waals surface area contributed by atoms with Gasteiger partial charge in [-0.15, -0.1) is 0 Å². The number of rotatable bonds is 5. The van der Waals surface area contributed by atoms with Gasteiger partial charge in [-0.1, -0.05) is 23.4 Å². The molecule has 0 spiro atoms. The Kier molecular flexibility index (Phi) is 5.09. The molecule has 1 aromatic rings. The number of hydrogen-bond donors (Lipinski definition) is 1. The zero-order valence-electron chi connectivity index (χ0n) is 10.7. The number of aromatic nitrogens is 2. The van der Waals surface area contributed by atoms with Crippen LogP contribution >= 0.6 is 23.4 Å². The maximum atomic E-state index is 6.30. The molecule has 1 fully saturated rings. The number of thioether (sulfide) groups is 1. The molecule has 6 heteroatoms. The van der Waals surface area contributed by atoms with E-state index >= 15 is 0 Å². The molecule has 2 N–H and O–H groups in total. The SMILES string of the molecule is CSc1nc(Cl)c(CCCN)c(N2CCCC2)n1. The minimum Gasteiger partial charge on any atom is -0.356 e. The third-order valence-electron chi connectivity index (χ3n) is 3.13. The van der Waals surface area contributed by atoms with Crippen molar-refractivity contribution in [1.82, 2.24) is 9.97 Å². The summed E-state index contributed by atoms with van der Waals surface area (Å²) in [6.07, 6.45) is 6.20.